The Bertz CT molecular complexity index is 394. The van der Waals surface area contributed by atoms with E-state index in [1.165, 1.54) is 6.07 Å². The number of hydrogen-bond donors (Lipinski definition) is 1. The van der Waals surface area contributed by atoms with Crippen molar-refractivity contribution in [2.75, 3.05) is 5.88 Å². The fourth-order valence-electron chi connectivity index (χ4n) is 1.99. The van der Waals surface area contributed by atoms with Crippen LogP contribution in [-0.4, -0.2) is 11.8 Å². The standard InChI is InChI=1S/C11H11ClFNO/c12-6-11(15)14-10-5-4-7-8(10)2-1-3-9(7)13/h1-3,10H,4-6H2,(H,14,15)/t10-/m1/s1. The summed E-state index contributed by atoms with van der Waals surface area (Å²) in [7, 11) is 0. The fourth-order valence-corrected chi connectivity index (χ4v) is 2.07. The molecule has 0 aliphatic heterocycles. The summed E-state index contributed by atoms with van der Waals surface area (Å²) < 4.78 is 13.3. The number of rotatable bonds is 2. The molecule has 1 amide bonds. The van der Waals surface area contributed by atoms with Crippen molar-refractivity contribution in [2.45, 2.75) is 18.9 Å². The van der Waals surface area contributed by atoms with Crippen molar-refractivity contribution < 1.29 is 9.18 Å². The molecule has 0 radical (unpaired) electrons. The Hall–Kier alpha value is -1.09. The molecule has 2 rings (SSSR count). The van der Waals surface area contributed by atoms with Crippen LogP contribution in [0, 0.1) is 5.82 Å². The molecule has 0 saturated carbocycles. The second kappa shape index (κ2) is 4.19. The number of carbonyl (C=O) groups is 1. The van der Waals surface area contributed by atoms with E-state index >= 15 is 0 Å². The lowest BCUT2D eigenvalue weighted by atomic mass is 10.1. The molecule has 80 valence electrons. The predicted octanol–water partition coefficient (Wildman–Crippen LogP) is 2.17. The number of hydrogen-bond acceptors (Lipinski definition) is 1. The maximum Gasteiger partial charge on any atom is 0.235 e. The van der Waals surface area contributed by atoms with Crippen LogP contribution in [0.1, 0.15) is 23.6 Å². The molecule has 1 aliphatic carbocycles. The van der Waals surface area contributed by atoms with Gasteiger partial charge in [0, 0.05) is 0 Å². The lowest BCUT2D eigenvalue weighted by Gasteiger charge is -2.12. The lowest BCUT2D eigenvalue weighted by Crippen LogP contribution is -2.27. The van der Waals surface area contributed by atoms with Gasteiger partial charge in [0.1, 0.15) is 11.7 Å². The summed E-state index contributed by atoms with van der Waals surface area (Å²) in [6.45, 7) is 0. The monoisotopic (exact) mass is 227 g/mol. The maximum atomic E-state index is 13.3. The topological polar surface area (TPSA) is 29.1 Å². The summed E-state index contributed by atoms with van der Waals surface area (Å²) in [5.41, 5.74) is 1.60. The smallest absolute Gasteiger partial charge is 0.235 e. The van der Waals surface area contributed by atoms with Gasteiger partial charge in [-0.2, -0.15) is 0 Å². The van der Waals surface area contributed by atoms with E-state index in [-0.39, 0.29) is 23.6 Å². The number of alkyl halides is 1. The normalized spacial score (nSPS) is 18.7. The Morgan fingerprint density at radius 3 is 3.13 bits per heavy atom. The third-order valence-electron chi connectivity index (χ3n) is 2.67. The van der Waals surface area contributed by atoms with Gasteiger partial charge in [-0.25, -0.2) is 4.39 Å². The molecule has 1 aromatic carbocycles. The zero-order valence-electron chi connectivity index (χ0n) is 8.09. The molecular formula is C11H11ClFNO. The summed E-state index contributed by atoms with van der Waals surface area (Å²) in [5, 5.41) is 2.77. The van der Waals surface area contributed by atoms with Gasteiger partial charge < -0.3 is 5.32 Å². The van der Waals surface area contributed by atoms with Gasteiger partial charge in [-0.3, -0.25) is 4.79 Å². The highest BCUT2D eigenvalue weighted by atomic mass is 35.5. The quantitative estimate of drug-likeness (QED) is 0.771. The van der Waals surface area contributed by atoms with Gasteiger partial charge in [-0.1, -0.05) is 12.1 Å². The van der Waals surface area contributed by atoms with E-state index in [2.05, 4.69) is 5.32 Å². The molecule has 0 bridgehead atoms. The van der Waals surface area contributed by atoms with Crippen molar-refractivity contribution >= 4 is 17.5 Å². The van der Waals surface area contributed by atoms with Crippen LogP contribution in [0.5, 0.6) is 0 Å². The van der Waals surface area contributed by atoms with E-state index in [9.17, 15) is 9.18 Å². The van der Waals surface area contributed by atoms with Gasteiger partial charge in [0.05, 0.1) is 6.04 Å². The minimum atomic E-state index is -0.209. The first-order valence-corrected chi connectivity index (χ1v) is 5.38. The van der Waals surface area contributed by atoms with Crippen LogP contribution in [0.2, 0.25) is 0 Å². The van der Waals surface area contributed by atoms with E-state index in [1.807, 2.05) is 6.07 Å². The second-order valence-electron chi connectivity index (χ2n) is 3.60. The number of fused-ring (bicyclic) bond motifs is 1. The SMILES string of the molecule is O=C(CCl)N[C@@H]1CCc2c(F)cccc21. The van der Waals surface area contributed by atoms with Gasteiger partial charge in [-0.05, 0) is 30.0 Å². The molecule has 0 fully saturated rings. The number of carbonyl (C=O) groups excluding carboxylic acids is 1. The number of halogens is 2. The zero-order chi connectivity index (χ0) is 10.8. The summed E-state index contributed by atoms with van der Waals surface area (Å²) in [6, 6.07) is 4.89. The summed E-state index contributed by atoms with van der Waals surface area (Å²) >= 11 is 5.40. The molecule has 0 heterocycles. The molecule has 1 aliphatic rings. The summed E-state index contributed by atoms with van der Waals surface area (Å²) in [4.78, 5) is 11.1. The van der Waals surface area contributed by atoms with Crippen LogP contribution in [-0.2, 0) is 11.2 Å². The molecule has 1 atom stereocenters. The summed E-state index contributed by atoms with van der Waals surface area (Å²) in [5.74, 6) is -0.449. The van der Waals surface area contributed by atoms with Crippen LogP contribution < -0.4 is 5.32 Å². The van der Waals surface area contributed by atoms with Crippen molar-refractivity contribution in [3.8, 4) is 0 Å². The van der Waals surface area contributed by atoms with Gasteiger partial charge in [0.2, 0.25) is 5.91 Å². The molecule has 4 heteroatoms. The first-order chi connectivity index (χ1) is 7.22. The van der Waals surface area contributed by atoms with Gasteiger partial charge in [0.15, 0.2) is 0 Å². The van der Waals surface area contributed by atoms with E-state index in [0.29, 0.717) is 6.42 Å². The minimum Gasteiger partial charge on any atom is -0.348 e. The molecule has 0 spiro atoms. The molecule has 0 saturated heterocycles. The number of benzene rings is 1. The minimum absolute atomic E-state index is 0.0544. The zero-order valence-corrected chi connectivity index (χ0v) is 8.85. The van der Waals surface area contributed by atoms with Crippen molar-refractivity contribution in [2.24, 2.45) is 0 Å². The Labute approximate surface area is 92.4 Å². The van der Waals surface area contributed by atoms with Crippen molar-refractivity contribution in [3.05, 3.63) is 35.1 Å². The Morgan fingerprint density at radius 2 is 2.40 bits per heavy atom. The van der Waals surface area contributed by atoms with Crippen molar-refractivity contribution in [3.63, 3.8) is 0 Å². The molecular weight excluding hydrogens is 217 g/mol. The first kappa shape index (κ1) is 10.4. The predicted molar refractivity (Wildman–Crippen MR) is 56.3 cm³/mol. The number of amides is 1. The lowest BCUT2D eigenvalue weighted by molar-refractivity contribution is -0.119. The average molecular weight is 228 g/mol. The molecule has 15 heavy (non-hydrogen) atoms. The molecule has 0 unspecified atom stereocenters. The van der Waals surface area contributed by atoms with E-state index in [1.54, 1.807) is 6.07 Å². The van der Waals surface area contributed by atoms with Gasteiger partial charge in [0.25, 0.3) is 0 Å². The van der Waals surface area contributed by atoms with Crippen LogP contribution >= 0.6 is 11.6 Å². The molecule has 2 nitrogen and oxygen atoms in total. The Kier molecular flexibility index (Phi) is 2.91. The third-order valence-corrected chi connectivity index (χ3v) is 2.91. The first-order valence-electron chi connectivity index (χ1n) is 4.85. The van der Waals surface area contributed by atoms with Crippen LogP contribution in [0.15, 0.2) is 18.2 Å². The Balaban J connectivity index is 2.21. The van der Waals surface area contributed by atoms with E-state index in [4.69, 9.17) is 11.6 Å². The largest absolute Gasteiger partial charge is 0.348 e. The van der Waals surface area contributed by atoms with Gasteiger partial charge >= 0.3 is 0 Å². The highest BCUT2D eigenvalue weighted by molar-refractivity contribution is 6.27. The van der Waals surface area contributed by atoms with Crippen LogP contribution in [0.3, 0.4) is 0 Å². The summed E-state index contributed by atoms with van der Waals surface area (Å²) in [6.07, 6.45) is 1.42. The fraction of sp³-hybridized carbons (Fsp3) is 0.364. The highest BCUT2D eigenvalue weighted by Crippen LogP contribution is 2.32. The van der Waals surface area contributed by atoms with E-state index < -0.39 is 0 Å². The average Bonchev–Trinajstić information content (AvgIpc) is 2.63. The van der Waals surface area contributed by atoms with E-state index in [0.717, 1.165) is 17.5 Å². The number of nitrogens with one attached hydrogen (secondary N) is 1. The van der Waals surface area contributed by atoms with Crippen molar-refractivity contribution in [1.29, 1.82) is 0 Å². The Morgan fingerprint density at radius 1 is 1.60 bits per heavy atom. The van der Waals surface area contributed by atoms with Gasteiger partial charge in [-0.15, -0.1) is 11.6 Å². The second-order valence-corrected chi connectivity index (χ2v) is 3.87. The highest BCUT2D eigenvalue weighted by Gasteiger charge is 2.25. The molecule has 1 aromatic rings. The van der Waals surface area contributed by atoms with Crippen molar-refractivity contribution in [1.82, 2.24) is 5.32 Å². The molecule has 1 N–H and O–H groups in total. The third kappa shape index (κ3) is 1.97. The molecule has 0 aromatic heterocycles. The van der Waals surface area contributed by atoms with Crippen LogP contribution in [0.4, 0.5) is 4.39 Å². The maximum absolute atomic E-state index is 13.3. The van der Waals surface area contributed by atoms with Crippen LogP contribution in [0.25, 0.3) is 0 Å².